The lowest BCUT2D eigenvalue weighted by Gasteiger charge is -2.43. The van der Waals surface area contributed by atoms with Crippen LogP contribution in [-0.4, -0.2) is 29.8 Å². The zero-order valence-electron chi connectivity index (χ0n) is 8.88. The van der Waals surface area contributed by atoms with E-state index in [0.717, 1.165) is 6.61 Å². The molecular formula is C11H21NO. The molecule has 13 heavy (non-hydrogen) atoms. The van der Waals surface area contributed by atoms with Crippen LogP contribution < -0.4 is 0 Å². The molecule has 0 N–H and O–H groups in total. The second-order valence-electron chi connectivity index (χ2n) is 4.64. The highest BCUT2D eigenvalue weighted by molar-refractivity contribution is 4.91. The highest BCUT2D eigenvalue weighted by Gasteiger charge is 2.43. The van der Waals surface area contributed by atoms with Gasteiger partial charge in [0.15, 0.2) is 0 Å². The number of likely N-dealkylation sites (tertiary alicyclic amines) is 1. The molecular weight excluding hydrogens is 162 g/mol. The fourth-order valence-corrected chi connectivity index (χ4v) is 2.86. The summed E-state index contributed by atoms with van der Waals surface area (Å²) in [6, 6.07) is 0.639. The molecule has 1 unspecified atom stereocenters. The maximum Gasteiger partial charge on any atom is 0.121 e. The molecule has 1 spiro atoms. The summed E-state index contributed by atoms with van der Waals surface area (Å²) in [7, 11) is 0. The van der Waals surface area contributed by atoms with E-state index in [0.29, 0.717) is 6.04 Å². The zero-order valence-corrected chi connectivity index (χ0v) is 8.88. The first-order valence-corrected chi connectivity index (χ1v) is 5.65. The van der Waals surface area contributed by atoms with E-state index in [2.05, 4.69) is 18.7 Å². The number of ether oxygens (including phenoxy) is 1. The van der Waals surface area contributed by atoms with Crippen LogP contribution >= 0.6 is 0 Å². The van der Waals surface area contributed by atoms with Gasteiger partial charge in [0.2, 0.25) is 0 Å². The molecule has 2 rings (SSSR count). The van der Waals surface area contributed by atoms with Crippen LogP contribution in [0.15, 0.2) is 0 Å². The monoisotopic (exact) mass is 183 g/mol. The molecule has 2 nitrogen and oxygen atoms in total. The minimum Gasteiger partial charge on any atom is -0.360 e. The largest absolute Gasteiger partial charge is 0.360 e. The van der Waals surface area contributed by atoms with Gasteiger partial charge in [-0.3, -0.25) is 4.90 Å². The van der Waals surface area contributed by atoms with Crippen molar-refractivity contribution >= 4 is 0 Å². The number of nitrogens with zero attached hydrogens (tertiary/aromatic N) is 1. The topological polar surface area (TPSA) is 12.5 Å². The van der Waals surface area contributed by atoms with Crippen LogP contribution in [0.5, 0.6) is 0 Å². The molecule has 0 bridgehead atoms. The minimum atomic E-state index is 0.145. The van der Waals surface area contributed by atoms with Crippen molar-refractivity contribution in [2.75, 3.05) is 13.2 Å². The summed E-state index contributed by atoms with van der Waals surface area (Å²) in [5, 5.41) is 0. The third kappa shape index (κ3) is 1.62. The van der Waals surface area contributed by atoms with Gasteiger partial charge in [0.25, 0.3) is 0 Å². The van der Waals surface area contributed by atoms with Gasteiger partial charge < -0.3 is 4.74 Å². The van der Waals surface area contributed by atoms with Crippen LogP contribution in [0.1, 0.15) is 46.0 Å². The molecule has 0 amide bonds. The predicted octanol–water partition coefficient (Wildman–Crippen LogP) is 2.39. The average molecular weight is 183 g/mol. The summed E-state index contributed by atoms with van der Waals surface area (Å²) < 4.78 is 6.03. The molecule has 1 atom stereocenters. The molecule has 0 aromatic rings. The van der Waals surface area contributed by atoms with Gasteiger partial charge in [-0.15, -0.1) is 0 Å². The first-order valence-electron chi connectivity index (χ1n) is 5.65. The first-order chi connectivity index (χ1) is 6.25. The summed E-state index contributed by atoms with van der Waals surface area (Å²) >= 11 is 0. The van der Waals surface area contributed by atoms with Crippen molar-refractivity contribution < 1.29 is 4.74 Å². The molecule has 2 heterocycles. The third-order valence-electron chi connectivity index (χ3n) is 3.45. The molecule has 0 saturated carbocycles. The summed E-state index contributed by atoms with van der Waals surface area (Å²) in [6.07, 6.45) is 6.44. The SMILES string of the molecule is CC(C)N1CCCC12CCCCO2. The average Bonchev–Trinajstić information content (AvgIpc) is 2.50. The Hall–Kier alpha value is -0.0800. The van der Waals surface area contributed by atoms with Gasteiger partial charge in [0.05, 0.1) is 0 Å². The lowest BCUT2D eigenvalue weighted by molar-refractivity contribution is -0.169. The molecule has 2 aliphatic rings. The number of hydrogen-bond acceptors (Lipinski definition) is 2. The molecule has 2 heteroatoms. The van der Waals surface area contributed by atoms with Crippen LogP contribution in [-0.2, 0) is 4.74 Å². The minimum absolute atomic E-state index is 0.145. The molecule has 0 radical (unpaired) electrons. The molecule has 0 aromatic carbocycles. The van der Waals surface area contributed by atoms with Crippen LogP contribution in [0.25, 0.3) is 0 Å². The van der Waals surface area contributed by atoms with E-state index in [1.807, 2.05) is 0 Å². The van der Waals surface area contributed by atoms with Crippen LogP contribution in [0.2, 0.25) is 0 Å². The maximum absolute atomic E-state index is 6.03. The Kier molecular flexibility index (Phi) is 2.61. The normalized spacial score (nSPS) is 36.2. The fourth-order valence-electron chi connectivity index (χ4n) is 2.86. The van der Waals surface area contributed by atoms with E-state index in [1.165, 1.54) is 38.6 Å². The van der Waals surface area contributed by atoms with Gasteiger partial charge in [0, 0.05) is 19.2 Å². The van der Waals surface area contributed by atoms with Gasteiger partial charge in [0.1, 0.15) is 5.72 Å². The third-order valence-corrected chi connectivity index (χ3v) is 3.45. The standard InChI is InChI=1S/C11H21NO/c1-10(2)12-8-5-7-11(12)6-3-4-9-13-11/h10H,3-9H2,1-2H3. The Balaban J connectivity index is 2.09. The van der Waals surface area contributed by atoms with E-state index in [-0.39, 0.29) is 5.72 Å². The highest BCUT2D eigenvalue weighted by atomic mass is 16.5. The summed E-state index contributed by atoms with van der Waals surface area (Å²) in [6.45, 7) is 6.77. The van der Waals surface area contributed by atoms with Crippen molar-refractivity contribution in [2.24, 2.45) is 0 Å². The molecule has 0 aliphatic carbocycles. The van der Waals surface area contributed by atoms with Crippen molar-refractivity contribution in [3.63, 3.8) is 0 Å². The quantitative estimate of drug-likeness (QED) is 0.619. The Labute approximate surface area is 81.3 Å². The second kappa shape index (κ2) is 3.58. The van der Waals surface area contributed by atoms with Crippen molar-refractivity contribution in [1.82, 2.24) is 4.90 Å². The summed E-state index contributed by atoms with van der Waals surface area (Å²) in [5.74, 6) is 0. The Morgan fingerprint density at radius 3 is 2.54 bits per heavy atom. The Bertz CT molecular complexity index is 173. The van der Waals surface area contributed by atoms with Gasteiger partial charge in [-0.25, -0.2) is 0 Å². The number of hydrogen-bond donors (Lipinski definition) is 0. The maximum atomic E-state index is 6.03. The van der Waals surface area contributed by atoms with Gasteiger partial charge in [-0.1, -0.05) is 0 Å². The molecule has 76 valence electrons. The van der Waals surface area contributed by atoms with Crippen molar-refractivity contribution in [1.29, 1.82) is 0 Å². The van der Waals surface area contributed by atoms with Crippen molar-refractivity contribution in [2.45, 2.75) is 57.7 Å². The molecule has 2 aliphatic heterocycles. The smallest absolute Gasteiger partial charge is 0.121 e. The van der Waals surface area contributed by atoms with Gasteiger partial charge in [-0.2, -0.15) is 0 Å². The van der Waals surface area contributed by atoms with E-state index >= 15 is 0 Å². The van der Waals surface area contributed by atoms with Crippen LogP contribution in [0.3, 0.4) is 0 Å². The first kappa shape index (κ1) is 9.47. The van der Waals surface area contributed by atoms with Crippen LogP contribution in [0.4, 0.5) is 0 Å². The Morgan fingerprint density at radius 2 is 1.92 bits per heavy atom. The van der Waals surface area contributed by atoms with Crippen molar-refractivity contribution in [3.05, 3.63) is 0 Å². The van der Waals surface area contributed by atoms with E-state index < -0.39 is 0 Å². The lowest BCUT2D eigenvalue weighted by Crippen LogP contribution is -2.51. The van der Waals surface area contributed by atoms with E-state index in [1.54, 1.807) is 0 Å². The zero-order chi connectivity index (χ0) is 9.31. The van der Waals surface area contributed by atoms with Crippen LogP contribution in [0, 0.1) is 0 Å². The van der Waals surface area contributed by atoms with E-state index in [9.17, 15) is 0 Å². The van der Waals surface area contributed by atoms with E-state index in [4.69, 9.17) is 4.74 Å². The second-order valence-corrected chi connectivity index (χ2v) is 4.64. The fraction of sp³-hybridized carbons (Fsp3) is 1.00. The lowest BCUT2D eigenvalue weighted by atomic mass is 9.99. The predicted molar refractivity (Wildman–Crippen MR) is 53.6 cm³/mol. The Morgan fingerprint density at radius 1 is 1.15 bits per heavy atom. The summed E-state index contributed by atoms with van der Waals surface area (Å²) in [4.78, 5) is 2.56. The molecule has 0 aromatic heterocycles. The number of rotatable bonds is 1. The van der Waals surface area contributed by atoms with Gasteiger partial charge in [-0.05, 0) is 46.0 Å². The van der Waals surface area contributed by atoms with Gasteiger partial charge >= 0.3 is 0 Å². The van der Waals surface area contributed by atoms with Crippen molar-refractivity contribution in [3.8, 4) is 0 Å². The molecule has 2 saturated heterocycles. The molecule has 2 fully saturated rings. The summed E-state index contributed by atoms with van der Waals surface area (Å²) in [5.41, 5.74) is 0.145. The highest BCUT2D eigenvalue weighted by Crippen LogP contribution is 2.38.